The van der Waals surface area contributed by atoms with Crippen LogP contribution in [0.15, 0.2) is 59.6 Å². The lowest BCUT2D eigenvalue weighted by atomic mass is 10.2. The number of carbonyl (C=O) groups is 1. The highest BCUT2D eigenvalue weighted by molar-refractivity contribution is 7.92. The van der Waals surface area contributed by atoms with Gasteiger partial charge >= 0.3 is 6.09 Å². The van der Waals surface area contributed by atoms with Gasteiger partial charge < -0.3 is 9.30 Å². The number of fused-ring (bicyclic) bond motifs is 1. The van der Waals surface area contributed by atoms with Crippen molar-refractivity contribution in [2.24, 2.45) is 0 Å². The average Bonchev–Trinajstić information content (AvgIpc) is 3.28. The van der Waals surface area contributed by atoms with E-state index in [4.69, 9.17) is 4.74 Å². The molecule has 1 aliphatic rings. The van der Waals surface area contributed by atoms with Gasteiger partial charge in [-0.3, -0.25) is 9.62 Å². The smallest absolute Gasteiger partial charge is 0.414 e. The van der Waals surface area contributed by atoms with Crippen LogP contribution in [0.3, 0.4) is 0 Å². The van der Waals surface area contributed by atoms with Crippen molar-refractivity contribution in [2.45, 2.75) is 24.8 Å². The van der Waals surface area contributed by atoms with Crippen LogP contribution in [-0.4, -0.2) is 32.2 Å². The Morgan fingerprint density at radius 1 is 1.11 bits per heavy atom. The summed E-state index contributed by atoms with van der Waals surface area (Å²) in [6.07, 6.45) is 2.62. The van der Waals surface area contributed by atoms with Crippen LogP contribution in [0.4, 0.5) is 16.2 Å². The van der Waals surface area contributed by atoms with Gasteiger partial charge in [0.25, 0.3) is 10.0 Å². The number of aryl methyl sites for hydroxylation is 1. The van der Waals surface area contributed by atoms with Crippen LogP contribution in [0.25, 0.3) is 10.9 Å². The quantitative estimate of drug-likeness (QED) is 0.683. The molecule has 0 bridgehead atoms. The van der Waals surface area contributed by atoms with Gasteiger partial charge in [-0.05, 0) is 55.0 Å². The fourth-order valence-electron chi connectivity index (χ4n) is 3.35. The van der Waals surface area contributed by atoms with E-state index in [1.54, 1.807) is 18.2 Å². The highest BCUT2D eigenvalue weighted by Crippen LogP contribution is 2.25. The number of amides is 1. The van der Waals surface area contributed by atoms with Gasteiger partial charge in [-0.15, -0.1) is 0 Å². The molecule has 1 aromatic heterocycles. The molecule has 0 radical (unpaired) electrons. The maximum absolute atomic E-state index is 12.7. The Hall–Kier alpha value is -3.00. The fourth-order valence-corrected chi connectivity index (χ4v) is 4.40. The first-order valence-electron chi connectivity index (χ1n) is 9.14. The molecule has 1 aliphatic heterocycles. The summed E-state index contributed by atoms with van der Waals surface area (Å²) >= 11 is 0. The minimum atomic E-state index is -3.73. The van der Waals surface area contributed by atoms with Crippen LogP contribution < -0.4 is 9.62 Å². The number of anilines is 2. The molecule has 0 aliphatic carbocycles. The largest absolute Gasteiger partial charge is 0.447 e. The summed E-state index contributed by atoms with van der Waals surface area (Å²) in [5, 5.41) is 0.983. The van der Waals surface area contributed by atoms with E-state index >= 15 is 0 Å². The molecular weight excluding hydrogens is 378 g/mol. The van der Waals surface area contributed by atoms with E-state index in [0.29, 0.717) is 24.5 Å². The van der Waals surface area contributed by atoms with Crippen LogP contribution >= 0.6 is 0 Å². The monoisotopic (exact) mass is 399 g/mol. The molecule has 7 nitrogen and oxygen atoms in total. The third kappa shape index (κ3) is 3.43. The Morgan fingerprint density at radius 2 is 1.89 bits per heavy atom. The summed E-state index contributed by atoms with van der Waals surface area (Å²) in [4.78, 5) is 13.2. The molecule has 146 valence electrons. The highest BCUT2D eigenvalue weighted by atomic mass is 32.2. The van der Waals surface area contributed by atoms with E-state index < -0.39 is 16.1 Å². The number of carbonyl (C=O) groups excluding carboxylic acids is 1. The number of aromatic nitrogens is 1. The van der Waals surface area contributed by atoms with Crippen LogP contribution in [0.5, 0.6) is 0 Å². The SMILES string of the molecule is CCCn1ccc2cc(NS(=O)(=O)c3ccc(N4CCOC4=O)cc3)ccc21. The van der Waals surface area contributed by atoms with Crippen LogP contribution in [0, 0.1) is 0 Å². The molecule has 2 aromatic carbocycles. The highest BCUT2D eigenvalue weighted by Gasteiger charge is 2.24. The van der Waals surface area contributed by atoms with Gasteiger partial charge in [-0.25, -0.2) is 13.2 Å². The first-order valence-corrected chi connectivity index (χ1v) is 10.6. The van der Waals surface area contributed by atoms with Gasteiger partial charge in [-0.2, -0.15) is 0 Å². The zero-order valence-electron chi connectivity index (χ0n) is 15.5. The van der Waals surface area contributed by atoms with Crippen molar-refractivity contribution >= 4 is 38.4 Å². The molecule has 1 amide bonds. The number of hydrogen-bond donors (Lipinski definition) is 1. The number of rotatable bonds is 6. The van der Waals surface area contributed by atoms with E-state index in [1.165, 1.54) is 17.0 Å². The second-order valence-corrected chi connectivity index (χ2v) is 8.33. The van der Waals surface area contributed by atoms with Crippen molar-refractivity contribution < 1.29 is 17.9 Å². The van der Waals surface area contributed by atoms with E-state index in [-0.39, 0.29) is 4.90 Å². The topological polar surface area (TPSA) is 80.6 Å². The minimum Gasteiger partial charge on any atom is -0.447 e. The normalized spacial score (nSPS) is 14.5. The fraction of sp³-hybridized carbons (Fsp3) is 0.250. The van der Waals surface area contributed by atoms with Crippen molar-refractivity contribution in [1.82, 2.24) is 4.57 Å². The number of sulfonamides is 1. The van der Waals surface area contributed by atoms with Gasteiger partial charge in [0.05, 0.1) is 11.4 Å². The van der Waals surface area contributed by atoms with E-state index in [1.807, 2.05) is 24.4 Å². The average molecular weight is 399 g/mol. The molecule has 1 N–H and O–H groups in total. The molecule has 0 unspecified atom stereocenters. The zero-order valence-corrected chi connectivity index (χ0v) is 16.3. The van der Waals surface area contributed by atoms with Crippen molar-refractivity contribution in [2.75, 3.05) is 22.8 Å². The number of nitrogens with one attached hydrogen (secondary N) is 1. The van der Waals surface area contributed by atoms with E-state index in [0.717, 1.165) is 23.9 Å². The lowest BCUT2D eigenvalue weighted by molar-refractivity contribution is 0.181. The van der Waals surface area contributed by atoms with Crippen LogP contribution in [-0.2, 0) is 21.3 Å². The Morgan fingerprint density at radius 3 is 2.57 bits per heavy atom. The summed E-state index contributed by atoms with van der Waals surface area (Å²) in [6, 6.07) is 13.7. The lowest BCUT2D eigenvalue weighted by Crippen LogP contribution is -2.23. The first-order chi connectivity index (χ1) is 13.5. The van der Waals surface area contributed by atoms with Gasteiger partial charge in [0.15, 0.2) is 0 Å². The Balaban J connectivity index is 1.55. The predicted molar refractivity (Wildman–Crippen MR) is 108 cm³/mol. The summed E-state index contributed by atoms with van der Waals surface area (Å²) in [7, 11) is -3.73. The lowest BCUT2D eigenvalue weighted by Gasteiger charge is -2.14. The first kappa shape index (κ1) is 18.4. The molecule has 28 heavy (non-hydrogen) atoms. The Labute approximate surface area is 163 Å². The second kappa shape index (κ2) is 7.20. The van der Waals surface area contributed by atoms with Crippen molar-refractivity contribution in [3.05, 3.63) is 54.7 Å². The number of cyclic esters (lactones) is 1. The number of hydrogen-bond acceptors (Lipinski definition) is 4. The maximum Gasteiger partial charge on any atom is 0.414 e. The molecule has 8 heteroatoms. The van der Waals surface area contributed by atoms with Crippen molar-refractivity contribution in [3.63, 3.8) is 0 Å². The van der Waals surface area contributed by atoms with Crippen LogP contribution in [0.1, 0.15) is 13.3 Å². The molecule has 0 saturated carbocycles. The molecule has 0 atom stereocenters. The number of ether oxygens (including phenoxy) is 1. The molecule has 4 rings (SSSR count). The molecule has 3 aromatic rings. The van der Waals surface area contributed by atoms with E-state index in [9.17, 15) is 13.2 Å². The Bertz CT molecular complexity index is 1120. The third-order valence-electron chi connectivity index (χ3n) is 4.71. The Kier molecular flexibility index (Phi) is 4.72. The molecule has 0 spiro atoms. The van der Waals surface area contributed by atoms with Gasteiger partial charge in [-0.1, -0.05) is 6.92 Å². The summed E-state index contributed by atoms with van der Waals surface area (Å²) in [6.45, 7) is 3.83. The van der Waals surface area contributed by atoms with E-state index in [2.05, 4.69) is 16.2 Å². The van der Waals surface area contributed by atoms with Gasteiger partial charge in [0.1, 0.15) is 6.61 Å². The zero-order chi connectivity index (χ0) is 19.7. The summed E-state index contributed by atoms with van der Waals surface area (Å²) in [5.41, 5.74) is 2.20. The van der Waals surface area contributed by atoms with Crippen LogP contribution in [0.2, 0.25) is 0 Å². The van der Waals surface area contributed by atoms with Gasteiger partial charge in [0, 0.05) is 35.0 Å². The number of benzene rings is 2. The summed E-state index contributed by atoms with van der Waals surface area (Å²) in [5.74, 6) is 0. The minimum absolute atomic E-state index is 0.132. The third-order valence-corrected chi connectivity index (χ3v) is 6.10. The molecule has 2 heterocycles. The number of nitrogens with zero attached hydrogens (tertiary/aromatic N) is 2. The molecule has 1 fully saturated rings. The summed E-state index contributed by atoms with van der Waals surface area (Å²) < 4.78 is 35.1. The molecule has 1 saturated heterocycles. The maximum atomic E-state index is 12.7. The van der Waals surface area contributed by atoms with Crippen molar-refractivity contribution in [3.8, 4) is 0 Å². The molecular formula is C20H21N3O4S. The predicted octanol–water partition coefficient (Wildman–Crippen LogP) is 3.81. The standard InChI is InChI=1S/C20H21N3O4S/c1-2-10-22-11-9-15-14-16(3-8-19(15)22)21-28(25,26)18-6-4-17(5-7-18)23-12-13-27-20(23)24/h3-9,11,14,21H,2,10,12-13H2,1H3. The second-order valence-electron chi connectivity index (χ2n) is 6.65. The van der Waals surface area contributed by atoms with Gasteiger partial charge in [0.2, 0.25) is 0 Å². The van der Waals surface area contributed by atoms with Crippen molar-refractivity contribution in [1.29, 1.82) is 0 Å².